The molecule has 0 spiro atoms. The number of benzene rings is 1. The number of hydrogen-bond donors (Lipinski definition) is 1. The van der Waals surface area contributed by atoms with Crippen LogP contribution < -0.4 is 10.5 Å². The molecule has 3 heteroatoms. The number of nitrogen functional groups attached to an aromatic ring is 1. The van der Waals surface area contributed by atoms with Gasteiger partial charge in [0, 0.05) is 18.0 Å². The van der Waals surface area contributed by atoms with Gasteiger partial charge in [-0.3, -0.25) is 4.98 Å². The van der Waals surface area contributed by atoms with Crippen LogP contribution in [-0.4, -0.2) is 4.98 Å². The van der Waals surface area contributed by atoms with Crippen LogP contribution in [0.1, 0.15) is 11.1 Å². The van der Waals surface area contributed by atoms with E-state index in [9.17, 15) is 0 Å². The molecular formula is C13H14N2O. The van der Waals surface area contributed by atoms with Crippen molar-refractivity contribution in [2.45, 2.75) is 13.5 Å². The van der Waals surface area contributed by atoms with E-state index >= 15 is 0 Å². The topological polar surface area (TPSA) is 48.1 Å². The lowest BCUT2D eigenvalue weighted by Gasteiger charge is -2.06. The highest BCUT2D eigenvalue weighted by Crippen LogP contribution is 2.14. The number of nitrogens with two attached hydrogens (primary N) is 1. The highest BCUT2D eigenvalue weighted by molar-refractivity contribution is 5.37. The molecule has 0 bridgehead atoms. The molecule has 16 heavy (non-hydrogen) atoms. The summed E-state index contributed by atoms with van der Waals surface area (Å²) in [5.41, 5.74) is 8.48. The van der Waals surface area contributed by atoms with Crippen molar-refractivity contribution in [1.82, 2.24) is 4.98 Å². The second-order valence-electron chi connectivity index (χ2n) is 3.73. The number of pyridine rings is 1. The van der Waals surface area contributed by atoms with Gasteiger partial charge >= 0.3 is 0 Å². The maximum absolute atomic E-state index is 5.63. The van der Waals surface area contributed by atoms with Crippen molar-refractivity contribution in [3.05, 3.63) is 53.9 Å². The molecule has 0 aliphatic rings. The van der Waals surface area contributed by atoms with Gasteiger partial charge < -0.3 is 10.5 Å². The molecule has 2 rings (SSSR count). The molecule has 0 saturated carbocycles. The number of rotatable bonds is 3. The Kier molecular flexibility index (Phi) is 3.05. The lowest BCUT2D eigenvalue weighted by Crippen LogP contribution is -1.97. The smallest absolute Gasteiger partial charge is 0.119 e. The Morgan fingerprint density at radius 1 is 1.19 bits per heavy atom. The second kappa shape index (κ2) is 4.66. The Bertz CT molecular complexity index is 466. The predicted molar refractivity (Wildman–Crippen MR) is 64.2 cm³/mol. The van der Waals surface area contributed by atoms with Crippen LogP contribution in [-0.2, 0) is 6.61 Å². The van der Waals surface area contributed by atoms with E-state index in [0.717, 1.165) is 11.3 Å². The van der Waals surface area contributed by atoms with Crippen molar-refractivity contribution in [2.75, 3.05) is 5.73 Å². The summed E-state index contributed by atoms with van der Waals surface area (Å²) in [4.78, 5) is 4.01. The van der Waals surface area contributed by atoms with Crippen LogP contribution in [0.5, 0.6) is 5.75 Å². The van der Waals surface area contributed by atoms with Crippen LogP contribution in [0, 0.1) is 6.92 Å². The summed E-state index contributed by atoms with van der Waals surface area (Å²) in [6.07, 6.45) is 3.37. The van der Waals surface area contributed by atoms with E-state index in [1.165, 1.54) is 5.56 Å². The third kappa shape index (κ3) is 2.73. The number of hydrogen-bond acceptors (Lipinski definition) is 3. The minimum atomic E-state index is 0.487. The predicted octanol–water partition coefficient (Wildman–Crippen LogP) is 2.55. The van der Waals surface area contributed by atoms with Gasteiger partial charge in [-0.2, -0.15) is 0 Å². The lowest BCUT2D eigenvalue weighted by molar-refractivity contribution is 0.306. The standard InChI is InChI=1S/C13H14N2O/c1-10-2-4-13(5-3-10)16-9-11-6-12(14)8-15-7-11/h2-8H,9,14H2,1H3. The number of nitrogens with zero attached hydrogens (tertiary/aromatic N) is 1. The van der Waals surface area contributed by atoms with Crippen LogP contribution >= 0.6 is 0 Å². The Morgan fingerprint density at radius 2 is 1.94 bits per heavy atom. The minimum Gasteiger partial charge on any atom is -0.489 e. The molecule has 0 aliphatic carbocycles. The van der Waals surface area contributed by atoms with E-state index in [4.69, 9.17) is 10.5 Å². The number of aryl methyl sites for hydroxylation is 1. The highest BCUT2D eigenvalue weighted by atomic mass is 16.5. The Balaban J connectivity index is 1.99. The molecule has 0 radical (unpaired) electrons. The first-order chi connectivity index (χ1) is 7.74. The van der Waals surface area contributed by atoms with Crippen molar-refractivity contribution in [3.63, 3.8) is 0 Å². The van der Waals surface area contributed by atoms with Gasteiger partial charge in [-0.25, -0.2) is 0 Å². The molecule has 82 valence electrons. The Labute approximate surface area is 94.9 Å². The van der Waals surface area contributed by atoms with Crippen molar-refractivity contribution in [1.29, 1.82) is 0 Å². The van der Waals surface area contributed by atoms with E-state index in [1.54, 1.807) is 12.4 Å². The number of anilines is 1. The fourth-order valence-electron chi connectivity index (χ4n) is 1.39. The molecule has 3 nitrogen and oxygen atoms in total. The highest BCUT2D eigenvalue weighted by Gasteiger charge is 1.96. The molecule has 1 aromatic carbocycles. The van der Waals surface area contributed by atoms with Gasteiger partial charge in [-0.15, -0.1) is 0 Å². The van der Waals surface area contributed by atoms with E-state index < -0.39 is 0 Å². The van der Waals surface area contributed by atoms with E-state index in [1.807, 2.05) is 37.3 Å². The first-order valence-electron chi connectivity index (χ1n) is 5.13. The van der Waals surface area contributed by atoms with Gasteiger partial charge in [0.2, 0.25) is 0 Å². The minimum absolute atomic E-state index is 0.487. The quantitative estimate of drug-likeness (QED) is 0.854. The lowest BCUT2D eigenvalue weighted by atomic mass is 10.2. The second-order valence-corrected chi connectivity index (χ2v) is 3.73. The SMILES string of the molecule is Cc1ccc(OCc2cncc(N)c2)cc1. The molecule has 0 saturated heterocycles. The van der Waals surface area contributed by atoms with Gasteiger partial charge in [0.05, 0.1) is 5.69 Å². The molecule has 1 heterocycles. The summed E-state index contributed by atoms with van der Waals surface area (Å²) >= 11 is 0. The molecule has 0 amide bonds. The summed E-state index contributed by atoms with van der Waals surface area (Å²) in [5, 5.41) is 0. The zero-order chi connectivity index (χ0) is 11.4. The third-order valence-corrected chi connectivity index (χ3v) is 2.24. The first-order valence-corrected chi connectivity index (χ1v) is 5.13. The van der Waals surface area contributed by atoms with Crippen LogP contribution in [0.3, 0.4) is 0 Å². The number of aromatic nitrogens is 1. The normalized spacial score (nSPS) is 10.1. The number of ether oxygens (including phenoxy) is 1. The molecule has 0 fully saturated rings. The maximum atomic E-state index is 5.63. The molecule has 0 unspecified atom stereocenters. The summed E-state index contributed by atoms with van der Waals surface area (Å²) in [5.74, 6) is 0.855. The van der Waals surface area contributed by atoms with Crippen molar-refractivity contribution in [3.8, 4) is 5.75 Å². The monoisotopic (exact) mass is 214 g/mol. The summed E-state index contributed by atoms with van der Waals surface area (Å²) < 4.78 is 5.61. The third-order valence-electron chi connectivity index (χ3n) is 2.24. The van der Waals surface area contributed by atoms with Gasteiger partial charge in [-0.1, -0.05) is 17.7 Å². The molecule has 2 N–H and O–H groups in total. The summed E-state index contributed by atoms with van der Waals surface area (Å²) in [6, 6.07) is 9.81. The van der Waals surface area contributed by atoms with Gasteiger partial charge in [-0.05, 0) is 25.1 Å². The van der Waals surface area contributed by atoms with E-state index in [0.29, 0.717) is 12.3 Å². The van der Waals surface area contributed by atoms with Gasteiger partial charge in [0.25, 0.3) is 0 Å². The average Bonchev–Trinajstić information content (AvgIpc) is 2.28. The fraction of sp³-hybridized carbons (Fsp3) is 0.154. The zero-order valence-electron chi connectivity index (χ0n) is 9.18. The summed E-state index contributed by atoms with van der Waals surface area (Å²) in [7, 11) is 0. The maximum Gasteiger partial charge on any atom is 0.119 e. The Hall–Kier alpha value is -2.03. The molecular weight excluding hydrogens is 200 g/mol. The van der Waals surface area contributed by atoms with Crippen molar-refractivity contribution >= 4 is 5.69 Å². The van der Waals surface area contributed by atoms with Crippen LogP contribution in [0.4, 0.5) is 5.69 Å². The fourth-order valence-corrected chi connectivity index (χ4v) is 1.39. The molecule has 0 atom stereocenters. The molecule has 1 aromatic heterocycles. The summed E-state index contributed by atoms with van der Waals surface area (Å²) in [6.45, 7) is 2.53. The van der Waals surface area contributed by atoms with Crippen LogP contribution in [0.25, 0.3) is 0 Å². The first kappa shape index (κ1) is 10.5. The molecule has 2 aromatic rings. The van der Waals surface area contributed by atoms with Crippen LogP contribution in [0.2, 0.25) is 0 Å². The Morgan fingerprint density at radius 3 is 2.62 bits per heavy atom. The van der Waals surface area contributed by atoms with Gasteiger partial charge in [0.15, 0.2) is 0 Å². The van der Waals surface area contributed by atoms with Crippen molar-refractivity contribution in [2.24, 2.45) is 0 Å². The average molecular weight is 214 g/mol. The molecule has 0 aliphatic heterocycles. The van der Waals surface area contributed by atoms with Gasteiger partial charge in [0.1, 0.15) is 12.4 Å². The van der Waals surface area contributed by atoms with E-state index in [-0.39, 0.29) is 0 Å². The largest absolute Gasteiger partial charge is 0.489 e. The van der Waals surface area contributed by atoms with E-state index in [2.05, 4.69) is 4.98 Å². The van der Waals surface area contributed by atoms with Crippen molar-refractivity contribution < 1.29 is 4.74 Å². The zero-order valence-corrected chi connectivity index (χ0v) is 9.18. The van der Waals surface area contributed by atoms with Crippen LogP contribution in [0.15, 0.2) is 42.7 Å².